The van der Waals surface area contributed by atoms with Crippen LogP contribution >= 0.6 is 0 Å². The van der Waals surface area contributed by atoms with Crippen molar-refractivity contribution in [2.24, 2.45) is 29.4 Å². The quantitative estimate of drug-likeness (QED) is 0.127. The number of likely N-dealkylation sites (N-methyl/N-ethyl adjacent to an activating group) is 2. The summed E-state index contributed by atoms with van der Waals surface area (Å²) in [5, 5.41) is 15.5. The highest BCUT2D eigenvalue weighted by atomic mass is 16.5. The topological polar surface area (TPSA) is 201 Å². The van der Waals surface area contributed by atoms with Gasteiger partial charge in [-0.2, -0.15) is 0 Å². The lowest BCUT2D eigenvalue weighted by molar-refractivity contribution is -0.149. The second-order valence-corrected chi connectivity index (χ2v) is 16.6. The minimum absolute atomic E-state index is 0.0620. The summed E-state index contributed by atoms with van der Waals surface area (Å²) in [5.74, 6) is -4.50. The van der Waals surface area contributed by atoms with Crippen molar-refractivity contribution in [3.05, 3.63) is 35.9 Å². The molecule has 1 aliphatic rings. The molecule has 0 radical (unpaired) electrons. The van der Waals surface area contributed by atoms with E-state index in [9.17, 15) is 33.9 Å². The van der Waals surface area contributed by atoms with Crippen LogP contribution in [-0.2, 0) is 44.7 Å². The van der Waals surface area contributed by atoms with E-state index in [1.165, 1.54) is 19.1 Å². The number of carboxylic acid groups (broad SMARTS) is 1. The predicted octanol–water partition coefficient (Wildman–Crippen LogP) is 3.08. The molecule has 0 bridgehead atoms. The van der Waals surface area contributed by atoms with Gasteiger partial charge in [0, 0.05) is 41.3 Å². The van der Waals surface area contributed by atoms with E-state index in [0.717, 1.165) is 5.56 Å². The van der Waals surface area contributed by atoms with Crippen molar-refractivity contribution in [2.75, 3.05) is 34.9 Å². The number of methoxy groups -OCH3 is 2. The van der Waals surface area contributed by atoms with Crippen LogP contribution in [0.4, 0.5) is 0 Å². The highest BCUT2D eigenvalue weighted by Gasteiger charge is 2.44. The van der Waals surface area contributed by atoms with Crippen LogP contribution < -0.4 is 16.4 Å². The van der Waals surface area contributed by atoms with Crippen LogP contribution in [0.3, 0.4) is 0 Å². The highest BCUT2D eigenvalue weighted by Crippen LogP contribution is 2.30. The lowest BCUT2D eigenvalue weighted by Gasteiger charge is -2.41. The first-order valence-electron chi connectivity index (χ1n) is 20.8. The largest absolute Gasteiger partial charge is 0.480 e. The van der Waals surface area contributed by atoms with Gasteiger partial charge in [0.1, 0.15) is 18.1 Å². The zero-order valence-electron chi connectivity index (χ0n) is 36.9. The summed E-state index contributed by atoms with van der Waals surface area (Å²) in [6.45, 7) is 15.2. The molecule has 1 saturated heterocycles. The average Bonchev–Trinajstić information content (AvgIpc) is 3.68. The number of carbonyl (C=O) groups is 6. The predicted molar refractivity (Wildman–Crippen MR) is 222 cm³/mol. The van der Waals surface area contributed by atoms with Crippen LogP contribution in [0.25, 0.3) is 0 Å². The molecule has 1 aromatic rings. The van der Waals surface area contributed by atoms with Crippen molar-refractivity contribution < 1.29 is 43.3 Å². The number of nitrogens with one attached hydrogen (secondary N) is 2. The Morgan fingerprint density at radius 1 is 0.862 bits per heavy atom. The molecule has 58 heavy (non-hydrogen) atoms. The number of hydrogen-bond donors (Lipinski definition) is 4. The van der Waals surface area contributed by atoms with Crippen molar-refractivity contribution in [1.29, 1.82) is 0 Å². The maximum atomic E-state index is 14.4. The summed E-state index contributed by atoms with van der Waals surface area (Å²) >= 11 is 0. The lowest BCUT2D eigenvalue weighted by atomic mass is 9.89. The number of amides is 5. The molecular formula is C43H72N6O9. The van der Waals surface area contributed by atoms with Gasteiger partial charge in [0.25, 0.3) is 0 Å². The summed E-state index contributed by atoms with van der Waals surface area (Å²) in [6, 6.07) is 4.35. The first kappa shape index (κ1) is 50.1. The number of carbonyl (C=O) groups excluding carboxylic acids is 5. The molecule has 5 amide bonds. The lowest BCUT2D eigenvalue weighted by Crippen LogP contribution is -2.61. The number of nitrogens with zero attached hydrogens (tertiary/aromatic N) is 3. The number of rotatable bonds is 23. The first-order valence-corrected chi connectivity index (χ1v) is 20.8. The number of ether oxygens (including phenoxy) is 2. The van der Waals surface area contributed by atoms with Gasteiger partial charge in [0.05, 0.1) is 42.7 Å². The Morgan fingerprint density at radius 3 is 1.98 bits per heavy atom. The highest BCUT2D eigenvalue weighted by molar-refractivity contribution is 5.93. The maximum absolute atomic E-state index is 14.4. The third kappa shape index (κ3) is 13.0. The van der Waals surface area contributed by atoms with E-state index >= 15 is 0 Å². The third-order valence-corrected chi connectivity index (χ3v) is 11.8. The Balaban J connectivity index is 2.30. The van der Waals surface area contributed by atoms with Gasteiger partial charge in [0.15, 0.2) is 0 Å². The summed E-state index contributed by atoms with van der Waals surface area (Å²) in [5.41, 5.74) is 6.79. The van der Waals surface area contributed by atoms with Gasteiger partial charge in [-0.3, -0.25) is 24.0 Å². The molecule has 10 atom stereocenters. The number of nitrogens with two attached hydrogens (primary N) is 1. The monoisotopic (exact) mass is 817 g/mol. The van der Waals surface area contributed by atoms with Crippen molar-refractivity contribution >= 4 is 35.5 Å². The van der Waals surface area contributed by atoms with E-state index < -0.39 is 72.2 Å². The van der Waals surface area contributed by atoms with E-state index in [0.29, 0.717) is 32.2 Å². The molecule has 1 fully saturated rings. The third-order valence-electron chi connectivity index (χ3n) is 11.8. The van der Waals surface area contributed by atoms with E-state index in [2.05, 4.69) is 10.6 Å². The minimum atomic E-state index is -1.15. The standard InChI is InChI=1S/C43H72N6O9/c1-13-27(7)37(48(10)42(54)35(25(3)4)46-40(52)36(26(5)6)47(9)41(53)30(44)14-2)33(57-11)24-34(50)49-22-18-21-32(49)38(58-12)28(8)39(51)45-31(43(55)56)23-29-19-16-15-17-20-29/h15-17,19-20,25-28,30-33,35-38H,13-14,18,21-24,44H2,1-12H3,(H,45,51)(H,46,52)(H,55,56)/t27-,28+,30-,31-,32-,33+,35-,36-,37-,38+/m0/s1. The average molecular weight is 817 g/mol. The van der Waals surface area contributed by atoms with Crippen molar-refractivity contribution in [3.63, 3.8) is 0 Å². The molecule has 0 spiro atoms. The van der Waals surface area contributed by atoms with Gasteiger partial charge >= 0.3 is 5.97 Å². The maximum Gasteiger partial charge on any atom is 0.326 e. The van der Waals surface area contributed by atoms with Gasteiger partial charge in [-0.25, -0.2) is 4.79 Å². The molecule has 2 rings (SSSR count). The molecule has 15 heteroatoms. The summed E-state index contributed by atoms with van der Waals surface area (Å²) in [6.07, 6.45) is 0.957. The Hall–Kier alpha value is -4.08. The molecule has 5 N–H and O–H groups in total. The SMILES string of the molecule is CC[C@H](N)C(=O)N(C)[C@H](C(=O)N[C@H](C(=O)N(C)[C@@H]([C@@H](C)CC)[C@@H](CC(=O)N1CCC[C@H]1[C@H](OC)[C@@H](C)C(=O)N[C@@H](Cc1ccccc1)C(=O)O)OC)C(C)C)C(C)C. The normalized spacial score (nSPS) is 18.9. The van der Waals surface area contributed by atoms with Gasteiger partial charge < -0.3 is 45.6 Å². The Kier molecular flexibility index (Phi) is 20.3. The zero-order valence-corrected chi connectivity index (χ0v) is 36.9. The smallest absolute Gasteiger partial charge is 0.326 e. The van der Waals surface area contributed by atoms with Gasteiger partial charge in [-0.1, -0.05) is 92.1 Å². The van der Waals surface area contributed by atoms with E-state index in [1.807, 2.05) is 59.7 Å². The van der Waals surface area contributed by atoms with E-state index in [4.69, 9.17) is 15.2 Å². The molecule has 0 unspecified atom stereocenters. The molecule has 328 valence electrons. The molecule has 15 nitrogen and oxygen atoms in total. The fourth-order valence-corrected chi connectivity index (χ4v) is 8.13. The second-order valence-electron chi connectivity index (χ2n) is 16.6. The minimum Gasteiger partial charge on any atom is -0.480 e. The van der Waals surface area contributed by atoms with Gasteiger partial charge in [-0.15, -0.1) is 0 Å². The van der Waals surface area contributed by atoms with Crippen molar-refractivity contribution in [3.8, 4) is 0 Å². The van der Waals surface area contributed by atoms with Crippen LogP contribution in [0.15, 0.2) is 30.3 Å². The van der Waals surface area contributed by atoms with Crippen LogP contribution in [0.5, 0.6) is 0 Å². The molecule has 1 aliphatic heterocycles. The van der Waals surface area contributed by atoms with Crippen LogP contribution in [0.2, 0.25) is 0 Å². The van der Waals surface area contributed by atoms with E-state index in [1.54, 1.807) is 49.9 Å². The van der Waals surface area contributed by atoms with Crippen molar-refractivity contribution in [2.45, 2.75) is 142 Å². The number of carboxylic acids is 1. The second kappa shape index (κ2) is 23.5. The molecule has 0 aromatic heterocycles. The molecule has 0 saturated carbocycles. The number of hydrogen-bond acceptors (Lipinski definition) is 9. The van der Waals surface area contributed by atoms with E-state index in [-0.39, 0.29) is 48.3 Å². The molecule has 1 aromatic carbocycles. The molecule has 0 aliphatic carbocycles. The number of aliphatic carboxylic acids is 1. The fourth-order valence-electron chi connectivity index (χ4n) is 8.13. The zero-order chi connectivity index (χ0) is 44.0. The van der Waals surface area contributed by atoms with Crippen LogP contribution in [-0.4, -0.2) is 139 Å². The Morgan fingerprint density at radius 2 is 1.48 bits per heavy atom. The Labute approximate surface area is 346 Å². The first-order chi connectivity index (χ1) is 27.3. The summed E-state index contributed by atoms with van der Waals surface area (Å²) in [7, 11) is 6.20. The van der Waals surface area contributed by atoms with Crippen molar-refractivity contribution in [1.82, 2.24) is 25.3 Å². The van der Waals surface area contributed by atoms with Gasteiger partial charge in [0.2, 0.25) is 29.5 Å². The molecular weight excluding hydrogens is 745 g/mol. The summed E-state index contributed by atoms with van der Waals surface area (Å²) in [4.78, 5) is 85.8. The Bertz CT molecular complexity index is 1510. The fraction of sp³-hybridized carbons (Fsp3) is 0.721. The van der Waals surface area contributed by atoms with Crippen LogP contribution in [0.1, 0.15) is 93.1 Å². The number of benzene rings is 1. The summed E-state index contributed by atoms with van der Waals surface area (Å²) < 4.78 is 11.9. The van der Waals surface area contributed by atoms with Crippen LogP contribution in [0, 0.1) is 23.7 Å². The molecule has 1 heterocycles. The number of likely N-dealkylation sites (tertiary alicyclic amines) is 1. The van der Waals surface area contributed by atoms with Gasteiger partial charge in [-0.05, 0) is 42.6 Å².